The van der Waals surface area contributed by atoms with Crippen LogP contribution in [0.25, 0.3) is 0 Å². The molecule has 2 amide bonds. The summed E-state index contributed by atoms with van der Waals surface area (Å²) in [6.07, 6.45) is 0. The van der Waals surface area contributed by atoms with E-state index in [4.69, 9.17) is 15.2 Å². The third kappa shape index (κ3) is 4.17. The maximum atomic E-state index is 12.1. The fourth-order valence-electron chi connectivity index (χ4n) is 1.96. The first kappa shape index (κ1) is 15.3. The Morgan fingerprint density at radius 3 is 2.90 bits per heavy atom. The van der Waals surface area contributed by atoms with E-state index in [2.05, 4.69) is 10.6 Å². The van der Waals surface area contributed by atoms with Crippen molar-refractivity contribution >= 4 is 17.5 Å². The Morgan fingerprint density at radius 2 is 2.24 bits per heavy atom. The van der Waals surface area contributed by atoms with E-state index in [0.717, 1.165) is 0 Å². The zero-order chi connectivity index (χ0) is 15.2. The van der Waals surface area contributed by atoms with Crippen molar-refractivity contribution in [2.75, 3.05) is 32.2 Å². The normalized spacial score (nSPS) is 20.9. The summed E-state index contributed by atoms with van der Waals surface area (Å²) in [6, 6.07) is 6.56. The first-order chi connectivity index (χ1) is 10.1. The highest BCUT2D eigenvalue weighted by Crippen LogP contribution is 2.19. The van der Waals surface area contributed by atoms with Crippen molar-refractivity contribution in [2.45, 2.75) is 6.04 Å². The van der Waals surface area contributed by atoms with Crippen LogP contribution in [0.3, 0.4) is 0 Å². The van der Waals surface area contributed by atoms with Gasteiger partial charge in [0.05, 0.1) is 19.1 Å². The lowest BCUT2D eigenvalue weighted by Gasteiger charge is -2.14. The van der Waals surface area contributed by atoms with Crippen LogP contribution in [0.4, 0.5) is 5.69 Å². The van der Waals surface area contributed by atoms with E-state index in [1.807, 2.05) is 0 Å². The number of hydrogen-bond donors (Lipinski definition) is 3. The second kappa shape index (κ2) is 7.05. The molecular weight excluding hydrogens is 274 g/mol. The number of ether oxygens (including phenoxy) is 2. The summed E-state index contributed by atoms with van der Waals surface area (Å²) in [4.78, 5) is 23.2. The predicted molar refractivity (Wildman–Crippen MR) is 76.9 cm³/mol. The van der Waals surface area contributed by atoms with Gasteiger partial charge in [0, 0.05) is 24.8 Å². The Morgan fingerprint density at radius 1 is 1.43 bits per heavy atom. The first-order valence-electron chi connectivity index (χ1n) is 6.68. The molecular formula is C14H19N3O4. The molecule has 21 heavy (non-hydrogen) atoms. The maximum Gasteiger partial charge on any atom is 0.257 e. The highest BCUT2D eigenvalue weighted by Gasteiger charge is 2.31. The van der Waals surface area contributed by atoms with E-state index >= 15 is 0 Å². The van der Waals surface area contributed by atoms with Gasteiger partial charge in [-0.3, -0.25) is 9.59 Å². The second-order valence-corrected chi connectivity index (χ2v) is 4.79. The Kier molecular flexibility index (Phi) is 5.13. The molecule has 2 unspecified atom stereocenters. The molecule has 0 saturated carbocycles. The number of anilines is 1. The summed E-state index contributed by atoms with van der Waals surface area (Å²) >= 11 is 0. The maximum absolute atomic E-state index is 12.1. The van der Waals surface area contributed by atoms with Crippen LogP contribution < -0.4 is 21.1 Å². The van der Waals surface area contributed by atoms with Crippen LogP contribution in [0.5, 0.6) is 5.75 Å². The van der Waals surface area contributed by atoms with Crippen LogP contribution in [0.15, 0.2) is 24.3 Å². The number of nitrogens with one attached hydrogen (secondary N) is 2. The lowest BCUT2D eigenvalue weighted by atomic mass is 10.0. The van der Waals surface area contributed by atoms with Gasteiger partial charge < -0.3 is 25.8 Å². The molecule has 0 spiro atoms. The number of hydrogen-bond acceptors (Lipinski definition) is 5. The molecule has 1 heterocycles. The van der Waals surface area contributed by atoms with Crippen LogP contribution in [0.2, 0.25) is 0 Å². The summed E-state index contributed by atoms with van der Waals surface area (Å²) < 4.78 is 10.5. The van der Waals surface area contributed by atoms with Crippen molar-refractivity contribution in [3.63, 3.8) is 0 Å². The standard InChI is InChI=1S/C14H19N3O4/c1-16-13(18)8-21-10-4-2-3-9(5-10)17-14(19)11-6-20-7-12(11)15/h2-5,11-12H,6-8,15H2,1H3,(H,16,18)(H,17,19). The molecule has 1 fully saturated rings. The molecule has 1 aromatic rings. The summed E-state index contributed by atoms with van der Waals surface area (Å²) in [7, 11) is 1.54. The molecule has 2 atom stereocenters. The molecule has 0 bridgehead atoms. The van der Waals surface area contributed by atoms with Crippen LogP contribution in [-0.4, -0.2) is 44.7 Å². The molecule has 7 nitrogen and oxygen atoms in total. The van der Waals surface area contributed by atoms with Crippen LogP contribution >= 0.6 is 0 Å². The van der Waals surface area contributed by atoms with Gasteiger partial charge in [-0.15, -0.1) is 0 Å². The SMILES string of the molecule is CNC(=O)COc1cccc(NC(=O)C2COCC2N)c1. The van der Waals surface area contributed by atoms with E-state index in [0.29, 0.717) is 24.7 Å². The largest absolute Gasteiger partial charge is 0.484 e. The Hall–Kier alpha value is -2.12. The Bertz CT molecular complexity index is 521. The molecule has 1 saturated heterocycles. The number of benzene rings is 1. The zero-order valence-electron chi connectivity index (χ0n) is 11.8. The van der Waals surface area contributed by atoms with Crippen molar-refractivity contribution in [2.24, 2.45) is 11.7 Å². The summed E-state index contributed by atoms with van der Waals surface area (Å²) in [5, 5.41) is 5.24. The minimum absolute atomic E-state index is 0.0742. The van der Waals surface area contributed by atoms with Gasteiger partial charge in [-0.1, -0.05) is 6.07 Å². The fraction of sp³-hybridized carbons (Fsp3) is 0.429. The highest BCUT2D eigenvalue weighted by atomic mass is 16.5. The molecule has 0 aromatic heterocycles. The quantitative estimate of drug-likeness (QED) is 0.693. The number of likely N-dealkylation sites (N-methyl/N-ethyl adjacent to an activating group) is 1. The third-order valence-electron chi connectivity index (χ3n) is 3.21. The minimum Gasteiger partial charge on any atom is -0.484 e. The van der Waals surface area contributed by atoms with E-state index in [1.54, 1.807) is 24.3 Å². The number of amides is 2. The monoisotopic (exact) mass is 293 g/mol. The summed E-state index contributed by atoms with van der Waals surface area (Å²) in [5.74, 6) is -0.245. The predicted octanol–water partition coefficient (Wildman–Crippen LogP) is -0.276. The highest BCUT2D eigenvalue weighted by molar-refractivity contribution is 5.93. The third-order valence-corrected chi connectivity index (χ3v) is 3.21. The van der Waals surface area contributed by atoms with Crippen molar-refractivity contribution in [1.29, 1.82) is 0 Å². The van der Waals surface area contributed by atoms with Crippen LogP contribution in [-0.2, 0) is 14.3 Å². The lowest BCUT2D eigenvalue weighted by Crippen LogP contribution is -2.37. The smallest absolute Gasteiger partial charge is 0.257 e. The number of carbonyl (C=O) groups excluding carboxylic acids is 2. The molecule has 114 valence electrons. The van der Waals surface area contributed by atoms with Crippen LogP contribution in [0.1, 0.15) is 0 Å². The summed E-state index contributed by atoms with van der Waals surface area (Å²) in [6.45, 7) is 0.655. The Labute approximate surface area is 122 Å². The van der Waals surface area contributed by atoms with Gasteiger partial charge in [0.1, 0.15) is 5.75 Å². The Balaban J connectivity index is 1.94. The zero-order valence-corrected chi connectivity index (χ0v) is 11.8. The van der Waals surface area contributed by atoms with Crippen molar-refractivity contribution in [1.82, 2.24) is 5.32 Å². The van der Waals surface area contributed by atoms with Gasteiger partial charge in [-0.2, -0.15) is 0 Å². The van der Waals surface area contributed by atoms with E-state index in [1.165, 1.54) is 7.05 Å². The average molecular weight is 293 g/mol. The first-order valence-corrected chi connectivity index (χ1v) is 6.68. The minimum atomic E-state index is -0.347. The number of rotatable bonds is 5. The molecule has 1 aliphatic rings. The summed E-state index contributed by atoms with van der Waals surface area (Å²) in [5.41, 5.74) is 6.40. The van der Waals surface area contributed by atoms with E-state index in [9.17, 15) is 9.59 Å². The lowest BCUT2D eigenvalue weighted by molar-refractivity contribution is -0.122. The molecule has 0 radical (unpaired) electrons. The molecule has 1 aromatic carbocycles. The molecule has 4 N–H and O–H groups in total. The van der Waals surface area contributed by atoms with E-state index < -0.39 is 0 Å². The molecule has 7 heteroatoms. The van der Waals surface area contributed by atoms with Gasteiger partial charge in [-0.25, -0.2) is 0 Å². The van der Waals surface area contributed by atoms with Crippen LogP contribution in [0, 0.1) is 5.92 Å². The van der Waals surface area contributed by atoms with Gasteiger partial charge in [0.2, 0.25) is 5.91 Å². The average Bonchev–Trinajstić information content (AvgIpc) is 2.91. The van der Waals surface area contributed by atoms with Gasteiger partial charge >= 0.3 is 0 Å². The fourth-order valence-corrected chi connectivity index (χ4v) is 1.96. The number of carbonyl (C=O) groups is 2. The van der Waals surface area contributed by atoms with Crippen molar-refractivity contribution < 1.29 is 19.1 Å². The van der Waals surface area contributed by atoms with Gasteiger partial charge in [-0.05, 0) is 12.1 Å². The van der Waals surface area contributed by atoms with Gasteiger partial charge in [0.15, 0.2) is 6.61 Å². The molecule has 1 aliphatic heterocycles. The molecule has 0 aliphatic carbocycles. The van der Waals surface area contributed by atoms with Gasteiger partial charge in [0.25, 0.3) is 5.91 Å². The van der Waals surface area contributed by atoms with E-state index in [-0.39, 0.29) is 30.4 Å². The second-order valence-electron chi connectivity index (χ2n) is 4.79. The molecule has 2 rings (SSSR count). The topological polar surface area (TPSA) is 103 Å². The van der Waals surface area contributed by atoms with Crippen molar-refractivity contribution in [3.8, 4) is 5.75 Å². The number of nitrogens with two attached hydrogens (primary N) is 1. The van der Waals surface area contributed by atoms with Crippen molar-refractivity contribution in [3.05, 3.63) is 24.3 Å².